The molecule has 0 atom stereocenters. The number of piperidine rings is 1. The van der Waals surface area contributed by atoms with Crippen LogP contribution < -0.4 is 4.74 Å². The summed E-state index contributed by atoms with van der Waals surface area (Å²) in [5.41, 5.74) is -0.978. The topological polar surface area (TPSA) is 84.0 Å². The minimum absolute atomic E-state index is 0.0473. The van der Waals surface area contributed by atoms with Crippen molar-refractivity contribution in [1.29, 1.82) is 0 Å². The molecule has 3 rings (SSSR count). The van der Waals surface area contributed by atoms with Gasteiger partial charge in [-0.05, 0) is 54.7 Å². The summed E-state index contributed by atoms with van der Waals surface area (Å²) in [5, 5.41) is 0. The lowest BCUT2D eigenvalue weighted by Gasteiger charge is -2.30. The Morgan fingerprint density at radius 2 is 1.58 bits per heavy atom. The summed E-state index contributed by atoms with van der Waals surface area (Å²) < 4.78 is 98.9. The van der Waals surface area contributed by atoms with Crippen molar-refractivity contribution in [3.05, 3.63) is 59.7 Å². The molecular weight excluding hydrogens is 517 g/mol. The molecule has 12 heteroatoms. The first-order valence-corrected chi connectivity index (χ1v) is 14.8. The van der Waals surface area contributed by atoms with Gasteiger partial charge in [-0.25, -0.2) is 21.1 Å². The maximum Gasteiger partial charge on any atom is 0.416 e. The summed E-state index contributed by atoms with van der Waals surface area (Å²) in [6, 6.07) is 10.7. The zero-order chi connectivity index (χ0) is 26.7. The van der Waals surface area contributed by atoms with E-state index in [4.69, 9.17) is 4.74 Å². The molecule has 2 aromatic rings. The SMILES string of the molecule is CC(C)CN(Cc1ccccc1C(F)(F)F)S(=O)(=O)c1ccc(OC2CCN(S(C)(=O)=O)CC2)cc1. The van der Waals surface area contributed by atoms with Gasteiger partial charge in [-0.2, -0.15) is 17.5 Å². The van der Waals surface area contributed by atoms with Crippen LogP contribution in [-0.4, -0.2) is 57.4 Å². The molecule has 2 aromatic carbocycles. The second-order valence-corrected chi connectivity index (χ2v) is 13.2. The fourth-order valence-corrected chi connectivity index (χ4v) is 6.55. The van der Waals surface area contributed by atoms with E-state index in [-0.39, 0.29) is 29.0 Å². The van der Waals surface area contributed by atoms with Gasteiger partial charge in [-0.15, -0.1) is 0 Å². The van der Waals surface area contributed by atoms with E-state index in [0.717, 1.165) is 16.6 Å². The Morgan fingerprint density at radius 3 is 2.11 bits per heavy atom. The number of ether oxygens (including phenoxy) is 1. The van der Waals surface area contributed by atoms with Gasteiger partial charge < -0.3 is 4.74 Å². The molecule has 0 aromatic heterocycles. The van der Waals surface area contributed by atoms with Gasteiger partial charge in [0.2, 0.25) is 20.0 Å². The maximum absolute atomic E-state index is 13.5. The third-order valence-electron chi connectivity index (χ3n) is 5.87. The summed E-state index contributed by atoms with van der Waals surface area (Å²) in [4.78, 5) is -0.0492. The predicted molar refractivity (Wildman–Crippen MR) is 130 cm³/mol. The molecular formula is C24H31F3N2O5S2. The molecule has 1 fully saturated rings. The molecule has 0 bridgehead atoms. The first-order valence-electron chi connectivity index (χ1n) is 11.5. The normalized spacial score (nSPS) is 16.6. The number of sulfonamides is 2. The highest BCUT2D eigenvalue weighted by Crippen LogP contribution is 2.33. The van der Waals surface area contributed by atoms with Crippen LogP contribution in [-0.2, 0) is 32.8 Å². The third-order valence-corrected chi connectivity index (χ3v) is 9.00. The lowest BCUT2D eigenvalue weighted by molar-refractivity contribution is -0.138. The van der Waals surface area contributed by atoms with Crippen molar-refractivity contribution >= 4 is 20.0 Å². The van der Waals surface area contributed by atoms with Gasteiger partial charge in [0.15, 0.2) is 0 Å². The maximum atomic E-state index is 13.5. The van der Waals surface area contributed by atoms with Crippen molar-refractivity contribution in [2.24, 2.45) is 5.92 Å². The molecule has 0 amide bonds. The van der Waals surface area contributed by atoms with Crippen LogP contribution in [0.2, 0.25) is 0 Å². The van der Waals surface area contributed by atoms with Crippen LogP contribution in [0.3, 0.4) is 0 Å². The van der Waals surface area contributed by atoms with Gasteiger partial charge in [0.25, 0.3) is 0 Å². The Morgan fingerprint density at radius 1 is 1.00 bits per heavy atom. The molecule has 1 aliphatic rings. The first-order chi connectivity index (χ1) is 16.7. The molecule has 36 heavy (non-hydrogen) atoms. The summed E-state index contributed by atoms with van der Waals surface area (Å²) in [6.07, 6.45) is -2.62. The smallest absolute Gasteiger partial charge is 0.416 e. The number of halogens is 3. The molecule has 0 N–H and O–H groups in total. The summed E-state index contributed by atoms with van der Waals surface area (Å²) in [5.74, 6) is 0.322. The highest BCUT2D eigenvalue weighted by atomic mass is 32.2. The Bertz CT molecular complexity index is 1240. The number of hydrogen-bond acceptors (Lipinski definition) is 5. The monoisotopic (exact) mass is 548 g/mol. The van der Waals surface area contributed by atoms with Gasteiger partial charge in [0, 0.05) is 26.2 Å². The van der Waals surface area contributed by atoms with Crippen LogP contribution in [0.4, 0.5) is 13.2 Å². The van der Waals surface area contributed by atoms with E-state index in [0.29, 0.717) is 31.7 Å². The lowest BCUT2D eigenvalue weighted by atomic mass is 10.1. The van der Waals surface area contributed by atoms with Crippen molar-refractivity contribution in [3.8, 4) is 5.75 Å². The van der Waals surface area contributed by atoms with Crippen molar-refractivity contribution in [2.45, 2.75) is 50.4 Å². The Balaban J connectivity index is 1.77. The van der Waals surface area contributed by atoms with Crippen molar-refractivity contribution in [1.82, 2.24) is 8.61 Å². The van der Waals surface area contributed by atoms with Crippen LogP contribution in [0.5, 0.6) is 5.75 Å². The molecule has 1 heterocycles. The Labute approximate surface area is 211 Å². The molecule has 1 aliphatic heterocycles. The molecule has 0 radical (unpaired) electrons. The second-order valence-electron chi connectivity index (χ2n) is 9.30. The molecule has 0 saturated carbocycles. The van der Waals surface area contributed by atoms with E-state index in [1.807, 2.05) is 0 Å². The van der Waals surface area contributed by atoms with Gasteiger partial charge in [-0.3, -0.25) is 0 Å². The van der Waals surface area contributed by atoms with E-state index >= 15 is 0 Å². The number of rotatable bonds is 9. The minimum Gasteiger partial charge on any atom is -0.490 e. The number of benzene rings is 2. The van der Waals surface area contributed by atoms with Crippen LogP contribution in [0, 0.1) is 5.92 Å². The molecule has 0 spiro atoms. The third kappa shape index (κ3) is 7.21. The summed E-state index contributed by atoms with van der Waals surface area (Å²) in [7, 11) is -7.34. The average Bonchev–Trinajstić information content (AvgIpc) is 2.78. The van der Waals surface area contributed by atoms with E-state index in [9.17, 15) is 30.0 Å². The van der Waals surface area contributed by atoms with E-state index < -0.39 is 38.3 Å². The van der Waals surface area contributed by atoms with Crippen molar-refractivity contribution in [2.75, 3.05) is 25.9 Å². The predicted octanol–water partition coefficient (Wildman–Crippen LogP) is 4.36. The molecule has 0 aliphatic carbocycles. The van der Waals surface area contributed by atoms with Crippen LogP contribution >= 0.6 is 0 Å². The van der Waals surface area contributed by atoms with E-state index in [1.165, 1.54) is 46.8 Å². The minimum atomic E-state index is -4.60. The molecule has 0 unspecified atom stereocenters. The van der Waals surface area contributed by atoms with Crippen LogP contribution in [0.25, 0.3) is 0 Å². The van der Waals surface area contributed by atoms with E-state index in [1.54, 1.807) is 13.8 Å². The fraction of sp³-hybridized carbons (Fsp3) is 0.500. The summed E-state index contributed by atoms with van der Waals surface area (Å²) >= 11 is 0. The van der Waals surface area contributed by atoms with Crippen LogP contribution in [0.1, 0.15) is 37.8 Å². The molecule has 1 saturated heterocycles. The Kier molecular flexibility index (Phi) is 8.74. The average molecular weight is 549 g/mol. The highest BCUT2D eigenvalue weighted by Gasteiger charge is 2.35. The lowest BCUT2D eigenvalue weighted by Crippen LogP contribution is -2.41. The van der Waals surface area contributed by atoms with Gasteiger partial charge in [0.05, 0.1) is 16.7 Å². The van der Waals surface area contributed by atoms with Gasteiger partial charge >= 0.3 is 6.18 Å². The molecule has 7 nitrogen and oxygen atoms in total. The fourth-order valence-electron chi connectivity index (χ4n) is 4.09. The zero-order valence-corrected chi connectivity index (χ0v) is 22.0. The van der Waals surface area contributed by atoms with Gasteiger partial charge in [-0.1, -0.05) is 32.0 Å². The van der Waals surface area contributed by atoms with Crippen LogP contribution in [0.15, 0.2) is 53.4 Å². The number of alkyl halides is 3. The number of nitrogens with zero attached hydrogens (tertiary/aromatic N) is 2. The number of hydrogen-bond donors (Lipinski definition) is 0. The van der Waals surface area contributed by atoms with E-state index in [2.05, 4.69) is 0 Å². The summed E-state index contributed by atoms with van der Waals surface area (Å²) in [6.45, 7) is 3.92. The molecule has 200 valence electrons. The highest BCUT2D eigenvalue weighted by molar-refractivity contribution is 7.89. The van der Waals surface area contributed by atoms with Gasteiger partial charge in [0.1, 0.15) is 11.9 Å². The van der Waals surface area contributed by atoms with Crippen molar-refractivity contribution in [3.63, 3.8) is 0 Å². The zero-order valence-electron chi connectivity index (χ0n) is 20.4. The quantitative estimate of drug-likeness (QED) is 0.465. The standard InChI is InChI=1S/C24H31F3N2O5S2/c1-18(2)16-29(17-19-6-4-5-7-23(19)24(25,26)27)36(32,33)22-10-8-20(9-11-22)34-21-12-14-28(15-13-21)35(3,30)31/h4-11,18,21H,12-17H2,1-3H3. The van der Waals surface area contributed by atoms with Crippen molar-refractivity contribution < 1.29 is 34.7 Å². The largest absolute Gasteiger partial charge is 0.490 e. The Hall–Kier alpha value is -2.15. The second kappa shape index (κ2) is 11.1. The first kappa shape index (κ1) is 28.4.